The van der Waals surface area contributed by atoms with Gasteiger partial charge in [0, 0.05) is 12.1 Å². The molecular formula is C13H16N2O2. The summed E-state index contributed by atoms with van der Waals surface area (Å²) in [4.78, 5) is 17.0. The van der Waals surface area contributed by atoms with Gasteiger partial charge in [0.2, 0.25) is 0 Å². The van der Waals surface area contributed by atoms with Gasteiger partial charge < -0.3 is 10.2 Å². The van der Waals surface area contributed by atoms with E-state index in [0.717, 1.165) is 16.8 Å². The average Bonchev–Trinajstić information content (AvgIpc) is 2.70. The van der Waals surface area contributed by atoms with Gasteiger partial charge in [0.25, 0.3) is 5.91 Å². The maximum absolute atomic E-state index is 11.9. The summed E-state index contributed by atoms with van der Waals surface area (Å²) < 4.78 is 0. The van der Waals surface area contributed by atoms with Crippen LogP contribution in [0.5, 0.6) is 0 Å². The third kappa shape index (κ3) is 2.46. The number of aryl methyl sites for hydroxylation is 2. The van der Waals surface area contributed by atoms with Crippen LogP contribution in [-0.4, -0.2) is 17.7 Å². The van der Waals surface area contributed by atoms with Crippen LogP contribution in [0.3, 0.4) is 0 Å². The standard InChI is InChI=1S/C13H16N2O2/c1-8-5-4-6-9(2)12(8)14-13(16)11-7-10(3)17-15-11/h4-6,10H,7H2,1-3H3,(H,14,16). The minimum absolute atomic E-state index is 0.00582. The van der Waals surface area contributed by atoms with Crippen LogP contribution in [0.25, 0.3) is 0 Å². The highest BCUT2D eigenvalue weighted by atomic mass is 16.6. The van der Waals surface area contributed by atoms with Crippen LogP contribution in [0.4, 0.5) is 5.69 Å². The first kappa shape index (κ1) is 11.6. The summed E-state index contributed by atoms with van der Waals surface area (Å²) in [6, 6.07) is 5.91. The highest BCUT2D eigenvalue weighted by Gasteiger charge is 2.23. The largest absolute Gasteiger partial charge is 0.392 e. The van der Waals surface area contributed by atoms with E-state index in [0.29, 0.717) is 12.1 Å². The Hall–Kier alpha value is -1.84. The second kappa shape index (κ2) is 4.57. The smallest absolute Gasteiger partial charge is 0.273 e. The Labute approximate surface area is 101 Å². The first-order valence-electron chi connectivity index (χ1n) is 5.68. The van der Waals surface area contributed by atoms with Crippen LogP contribution in [-0.2, 0) is 9.63 Å². The van der Waals surface area contributed by atoms with Gasteiger partial charge in [-0.15, -0.1) is 0 Å². The number of rotatable bonds is 2. The third-order valence-electron chi connectivity index (χ3n) is 2.81. The van der Waals surface area contributed by atoms with E-state index < -0.39 is 0 Å². The SMILES string of the molecule is Cc1cccc(C)c1NC(=O)C1=NOC(C)C1. The number of hydrogen-bond donors (Lipinski definition) is 1. The average molecular weight is 232 g/mol. The van der Waals surface area contributed by atoms with Crippen molar-refractivity contribution >= 4 is 17.3 Å². The molecule has 1 heterocycles. The van der Waals surface area contributed by atoms with Gasteiger partial charge in [-0.25, -0.2) is 0 Å². The monoisotopic (exact) mass is 232 g/mol. The molecule has 1 unspecified atom stereocenters. The number of carbonyl (C=O) groups is 1. The molecule has 4 nitrogen and oxygen atoms in total. The number of amides is 1. The van der Waals surface area contributed by atoms with Gasteiger partial charge in [-0.2, -0.15) is 0 Å². The van der Waals surface area contributed by atoms with Gasteiger partial charge in [-0.1, -0.05) is 23.4 Å². The minimum atomic E-state index is -0.174. The van der Waals surface area contributed by atoms with Crippen molar-refractivity contribution in [1.82, 2.24) is 0 Å². The highest BCUT2D eigenvalue weighted by Crippen LogP contribution is 2.20. The zero-order valence-corrected chi connectivity index (χ0v) is 10.3. The topological polar surface area (TPSA) is 50.7 Å². The molecule has 1 N–H and O–H groups in total. The van der Waals surface area contributed by atoms with Crippen molar-refractivity contribution in [2.45, 2.75) is 33.3 Å². The first-order valence-corrected chi connectivity index (χ1v) is 5.68. The van der Waals surface area contributed by atoms with E-state index in [9.17, 15) is 4.79 Å². The van der Waals surface area contributed by atoms with Crippen molar-refractivity contribution in [3.8, 4) is 0 Å². The van der Waals surface area contributed by atoms with E-state index in [-0.39, 0.29) is 12.0 Å². The quantitative estimate of drug-likeness (QED) is 0.851. The van der Waals surface area contributed by atoms with Gasteiger partial charge in [0.1, 0.15) is 11.8 Å². The second-order valence-corrected chi connectivity index (χ2v) is 4.38. The van der Waals surface area contributed by atoms with Crippen molar-refractivity contribution in [2.24, 2.45) is 5.16 Å². The number of carbonyl (C=O) groups excluding carboxylic acids is 1. The fourth-order valence-electron chi connectivity index (χ4n) is 1.83. The normalized spacial score (nSPS) is 18.5. The van der Waals surface area contributed by atoms with Crippen molar-refractivity contribution in [3.05, 3.63) is 29.3 Å². The molecule has 0 aromatic heterocycles. The second-order valence-electron chi connectivity index (χ2n) is 4.38. The van der Waals surface area contributed by atoms with Crippen LogP contribution >= 0.6 is 0 Å². The van der Waals surface area contributed by atoms with Gasteiger partial charge in [-0.3, -0.25) is 4.79 Å². The van der Waals surface area contributed by atoms with E-state index in [4.69, 9.17) is 4.84 Å². The number of para-hydroxylation sites is 1. The molecule has 17 heavy (non-hydrogen) atoms. The van der Waals surface area contributed by atoms with Crippen molar-refractivity contribution in [2.75, 3.05) is 5.32 Å². The predicted molar refractivity (Wildman–Crippen MR) is 67.1 cm³/mol. The Balaban J connectivity index is 2.14. The molecule has 90 valence electrons. The molecule has 1 amide bonds. The van der Waals surface area contributed by atoms with Crippen LogP contribution in [0, 0.1) is 13.8 Å². The Morgan fingerprint density at radius 1 is 1.41 bits per heavy atom. The maximum atomic E-state index is 11.9. The molecule has 1 atom stereocenters. The van der Waals surface area contributed by atoms with Crippen molar-refractivity contribution in [1.29, 1.82) is 0 Å². The van der Waals surface area contributed by atoms with Gasteiger partial charge in [0.15, 0.2) is 0 Å². The van der Waals surface area contributed by atoms with E-state index >= 15 is 0 Å². The number of nitrogens with one attached hydrogen (secondary N) is 1. The van der Waals surface area contributed by atoms with Crippen LogP contribution in [0.2, 0.25) is 0 Å². The van der Waals surface area contributed by atoms with Crippen LogP contribution < -0.4 is 5.32 Å². The molecular weight excluding hydrogens is 216 g/mol. The van der Waals surface area contributed by atoms with Crippen molar-refractivity contribution in [3.63, 3.8) is 0 Å². The lowest BCUT2D eigenvalue weighted by molar-refractivity contribution is -0.110. The number of anilines is 1. The fraction of sp³-hybridized carbons (Fsp3) is 0.385. The minimum Gasteiger partial charge on any atom is -0.392 e. The first-order chi connectivity index (χ1) is 8.08. The zero-order valence-electron chi connectivity index (χ0n) is 10.3. The molecule has 1 aromatic rings. The fourth-order valence-corrected chi connectivity index (χ4v) is 1.83. The lowest BCUT2D eigenvalue weighted by Gasteiger charge is -2.10. The van der Waals surface area contributed by atoms with E-state index in [1.54, 1.807) is 0 Å². The molecule has 4 heteroatoms. The number of hydrogen-bond acceptors (Lipinski definition) is 3. The third-order valence-corrected chi connectivity index (χ3v) is 2.81. The summed E-state index contributed by atoms with van der Waals surface area (Å²) in [7, 11) is 0. The van der Waals surface area contributed by atoms with E-state index in [2.05, 4.69) is 10.5 Å². The molecule has 1 aliphatic rings. The maximum Gasteiger partial charge on any atom is 0.273 e. The van der Waals surface area contributed by atoms with Gasteiger partial charge in [0.05, 0.1) is 0 Å². The summed E-state index contributed by atoms with van der Waals surface area (Å²) >= 11 is 0. The Bertz CT molecular complexity index is 460. The molecule has 0 saturated carbocycles. The summed E-state index contributed by atoms with van der Waals surface area (Å²) in [5.74, 6) is -0.174. The lowest BCUT2D eigenvalue weighted by atomic mass is 10.1. The Kier molecular flexibility index (Phi) is 3.13. The predicted octanol–water partition coefficient (Wildman–Crippen LogP) is 2.41. The Morgan fingerprint density at radius 3 is 2.59 bits per heavy atom. The molecule has 0 bridgehead atoms. The van der Waals surface area contributed by atoms with Crippen LogP contribution in [0.15, 0.2) is 23.4 Å². The number of benzene rings is 1. The number of oxime groups is 1. The highest BCUT2D eigenvalue weighted by molar-refractivity contribution is 6.43. The molecule has 0 saturated heterocycles. The van der Waals surface area contributed by atoms with E-state index in [1.165, 1.54) is 0 Å². The zero-order chi connectivity index (χ0) is 12.4. The Morgan fingerprint density at radius 2 is 2.06 bits per heavy atom. The molecule has 1 aromatic carbocycles. The molecule has 0 aliphatic carbocycles. The summed E-state index contributed by atoms with van der Waals surface area (Å²) in [6.07, 6.45) is 0.560. The number of nitrogens with zero attached hydrogens (tertiary/aromatic N) is 1. The van der Waals surface area contributed by atoms with Gasteiger partial charge >= 0.3 is 0 Å². The summed E-state index contributed by atoms with van der Waals surface area (Å²) in [5, 5.41) is 6.67. The molecule has 0 radical (unpaired) electrons. The summed E-state index contributed by atoms with van der Waals surface area (Å²) in [6.45, 7) is 5.83. The van der Waals surface area contributed by atoms with Gasteiger partial charge in [-0.05, 0) is 31.9 Å². The van der Waals surface area contributed by atoms with E-state index in [1.807, 2.05) is 39.0 Å². The summed E-state index contributed by atoms with van der Waals surface area (Å²) in [5.41, 5.74) is 3.41. The molecule has 0 fully saturated rings. The molecule has 0 spiro atoms. The van der Waals surface area contributed by atoms with Crippen molar-refractivity contribution < 1.29 is 9.63 Å². The van der Waals surface area contributed by atoms with Crippen LogP contribution in [0.1, 0.15) is 24.5 Å². The molecule has 1 aliphatic heterocycles. The molecule has 2 rings (SSSR count). The lowest BCUT2D eigenvalue weighted by Crippen LogP contribution is -2.23.